The van der Waals surface area contributed by atoms with E-state index >= 15 is 0 Å². The zero-order valence-corrected chi connectivity index (χ0v) is 16.0. The molecule has 0 spiro atoms. The SMILES string of the molecule is COC(=O)Cc1cc(NN2C(=O)C(C)=C(C)C2=O)nc2cc(Br)ccc12. The first-order valence-corrected chi connectivity index (χ1v) is 8.60. The largest absolute Gasteiger partial charge is 0.469 e. The molecule has 1 N–H and O–H groups in total. The van der Waals surface area contributed by atoms with Crippen molar-refractivity contribution in [3.8, 4) is 0 Å². The van der Waals surface area contributed by atoms with Gasteiger partial charge >= 0.3 is 5.97 Å². The highest BCUT2D eigenvalue weighted by molar-refractivity contribution is 9.10. The number of rotatable bonds is 4. The summed E-state index contributed by atoms with van der Waals surface area (Å²) in [5, 5.41) is 1.72. The van der Waals surface area contributed by atoms with E-state index in [1.807, 2.05) is 12.1 Å². The Morgan fingerprint density at radius 3 is 2.46 bits per heavy atom. The number of amides is 2. The van der Waals surface area contributed by atoms with Crippen LogP contribution >= 0.6 is 15.9 Å². The lowest BCUT2D eigenvalue weighted by molar-refractivity contribution is -0.140. The van der Waals surface area contributed by atoms with Crippen LogP contribution in [0.5, 0.6) is 0 Å². The predicted octanol–water partition coefficient (Wildman–Crippen LogP) is 2.74. The number of carbonyl (C=O) groups is 3. The van der Waals surface area contributed by atoms with Crippen LogP contribution in [0.3, 0.4) is 0 Å². The number of hydrogen-bond donors (Lipinski definition) is 1. The van der Waals surface area contributed by atoms with Crippen molar-refractivity contribution in [3.63, 3.8) is 0 Å². The molecule has 3 rings (SSSR count). The van der Waals surface area contributed by atoms with Crippen LogP contribution in [-0.2, 0) is 25.5 Å². The molecule has 2 amide bonds. The van der Waals surface area contributed by atoms with Crippen LogP contribution < -0.4 is 5.43 Å². The summed E-state index contributed by atoms with van der Waals surface area (Å²) < 4.78 is 5.57. The van der Waals surface area contributed by atoms with Gasteiger partial charge in [0.1, 0.15) is 5.82 Å². The van der Waals surface area contributed by atoms with Gasteiger partial charge in [0.05, 0.1) is 19.0 Å². The fourth-order valence-electron chi connectivity index (χ4n) is 2.67. The fraction of sp³-hybridized carbons (Fsp3) is 0.222. The second-order valence-electron chi connectivity index (χ2n) is 5.89. The number of ether oxygens (including phenoxy) is 1. The van der Waals surface area contributed by atoms with Crippen molar-refractivity contribution in [1.82, 2.24) is 9.99 Å². The van der Waals surface area contributed by atoms with Crippen molar-refractivity contribution in [1.29, 1.82) is 0 Å². The Kier molecular flexibility index (Phi) is 4.78. The van der Waals surface area contributed by atoms with Gasteiger partial charge in [0, 0.05) is 21.0 Å². The molecule has 26 heavy (non-hydrogen) atoms. The standard InChI is InChI=1S/C18H16BrN3O4/c1-9-10(2)18(25)22(17(9)24)21-15-6-11(7-16(23)26-3)13-5-4-12(19)8-14(13)20-15/h4-6,8H,7H2,1-3H3,(H,20,21). The van der Waals surface area contributed by atoms with E-state index in [1.165, 1.54) is 7.11 Å². The molecular formula is C18H16BrN3O4. The van der Waals surface area contributed by atoms with Crippen LogP contribution in [0.15, 0.2) is 39.9 Å². The molecule has 1 aromatic heterocycles. The van der Waals surface area contributed by atoms with Crippen molar-refractivity contribution in [2.45, 2.75) is 20.3 Å². The average molecular weight is 418 g/mol. The van der Waals surface area contributed by atoms with Gasteiger partial charge < -0.3 is 4.74 Å². The van der Waals surface area contributed by atoms with Crippen LogP contribution in [0.1, 0.15) is 19.4 Å². The number of nitrogens with zero attached hydrogens (tertiary/aromatic N) is 2. The summed E-state index contributed by atoms with van der Waals surface area (Å²) in [7, 11) is 1.32. The Hall–Kier alpha value is -2.74. The van der Waals surface area contributed by atoms with Gasteiger partial charge in [-0.1, -0.05) is 22.0 Å². The third kappa shape index (κ3) is 3.20. The molecule has 0 radical (unpaired) electrons. The van der Waals surface area contributed by atoms with Gasteiger partial charge in [0.2, 0.25) is 0 Å². The minimum atomic E-state index is -0.418. The molecule has 0 saturated carbocycles. The Morgan fingerprint density at radius 1 is 1.19 bits per heavy atom. The number of esters is 1. The van der Waals surface area contributed by atoms with E-state index in [9.17, 15) is 14.4 Å². The van der Waals surface area contributed by atoms with E-state index in [-0.39, 0.29) is 6.42 Å². The average Bonchev–Trinajstić information content (AvgIpc) is 2.79. The Labute approximate surface area is 158 Å². The summed E-state index contributed by atoms with van der Waals surface area (Å²) in [6.45, 7) is 3.20. The highest BCUT2D eigenvalue weighted by Gasteiger charge is 2.34. The molecular weight excluding hydrogens is 402 g/mol. The zero-order valence-electron chi connectivity index (χ0n) is 14.4. The summed E-state index contributed by atoms with van der Waals surface area (Å²) in [4.78, 5) is 40.7. The Bertz CT molecular complexity index is 960. The van der Waals surface area contributed by atoms with E-state index in [0.29, 0.717) is 28.0 Å². The highest BCUT2D eigenvalue weighted by Crippen LogP contribution is 2.26. The summed E-state index contributed by atoms with van der Waals surface area (Å²) in [6.07, 6.45) is 0.0457. The first-order valence-electron chi connectivity index (χ1n) is 7.80. The van der Waals surface area contributed by atoms with Crippen molar-refractivity contribution in [2.24, 2.45) is 0 Å². The number of benzene rings is 1. The molecule has 0 unspecified atom stereocenters. The number of anilines is 1. The lowest BCUT2D eigenvalue weighted by Gasteiger charge is -2.18. The molecule has 2 aromatic rings. The quantitative estimate of drug-likeness (QED) is 0.607. The highest BCUT2D eigenvalue weighted by atomic mass is 79.9. The number of hydrogen-bond acceptors (Lipinski definition) is 6. The molecule has 2 heterocycles. The van der Waals surface area contributed by atoms with E-state index in [2.05, 4.69) is 26.3 Å². The molecule has 0 atom stereocenters. The van der Waals surface area contributed by atoms with Crippen LogP contribution in [0, 0.1) is 0 Å². The zero-order chi connectivity index (χ0) is 19.0. The van der Waals surface area contributed by atoms with Crippen LogP contribution in [0.4, 0.5) is 5.82 Å². The lowest BCUT2D eigenvalue weighted by atomic mass is 10.1. The van der Waals surface area contributed by atoms with Crippen LogP contribution in [0.25, 0.3) is 10.9 Å². The molecule has 1 aromatic carbocycles. The van der Waals surface area contributed by atoms with Gasteiger partial charge in [0.15, 0.2) is 0 Å². The Morgan fingerprint density at radius 2 is 1.85 bits per heavy atom. The summed E-state index contributed by atoms with van der Waals surface area (Å²) in [5.74, 6) is -0.942. The minimum absolute atomic E-state index is 0.0457. The number of methoxy groups -OCH3 is 1. The van der Waals surface area contributed by atoms with Crippen LogP contribution in [-0.4, -0.2) is 34.9 Å². The number of aromatic nitrogens is 1. The van der Waals surface area contributed by atoms with Crippen molar-refractivity contribution >= 4 is 50.4 Å². The molecule has 8 heteroatoms. The first kappa shape index (κ1) is 18.1. The fourth-order valence-corrected chi connectivity index (χ4v) is 3.02. The summed E-state index contributed by atoms with van der Waals surface area (Å²) in [5.41, 5.74) is 4.83. The maximum atomic E-state index is 12.2. The van der Waals surface area contributed by atoms with Gasteiger partial charge in [0.25, 0.3) is 11.8 Å². The number of fused-ring (bicyclic) bond motifs is 1. The van der Waals surface area contributed by atoms with Gasteiger partial charge in [-0.3, -0.25) is 19.8 Å². The molecule has 0 bridgehead atoms. The molecule has 1 aliphatic rings. The summed E-state index contributed by atoms with van der Waals surface area (Å²) in [6, 6.07) is 7.12. The monoisotopic (exact) mass is 417 g/mol. The maximum Gasteiger partial charge on any atom is 0.310 e. The third-order valence-corrected chi connectivity index (χ3v) is 4.75. The number of pyridine rings is 1. The van der Waals surface area contributed by atoms with Crippen LogP contribution in [0.2, 0.25) is 0 Å². The first-order chi connectivity index (χ1) is 12.3. The van der Waals surface area contributed by atoms with E-state index in [1.54, 1.807) is 26.0 Å². The van der Waals surface area contributed by atoms with Gasteiger partial charge in [-0.2, -0.15) is 5.01 Å². The normalized spacial score (nSPS) is 14.4. The van der Waals surface area contributed by atoms with Gasteiger partial charge in [-0.15, -0.1) is 0 Å². The number of hydrazine groups is 1. The molecule has 0 fully saturated rings. The number of imide groups is 1. The second-order valence-corrected chi connectivity index (χ2v) is 6.80. The third-order valence-electron chi connectivity index (χ3n) is 4.26. The second kappa shape index (κ2) is 6.87. The number of nitrogens with one attached hydrogen (secondary N) is 1. The van der Waals surface area contributed by atoms with Gasteiger partial charge in [-0.25, -0.2) is 4.98 Å². The van der Waals surface area contributed by atoms with E-state index in [4.69, 9.17) is 4.74 Å². The molecule has 0 aliphatic carbocycles. The smallest absolute Gasteiger partial charge is 0.310 e. The van der Waals surface area contributed by atoms with E-state index < -0.39 is 17.8 Å². The van der Waals surface area contributed by atoms with Crippen molar-refractivity contribution < 1.29 is 19.1 Å². The molecule has 7 nitrogen and oxygen atoms in total. The molecule has 134 valence electrons. The maximum absolute atomic E-state index is 12.2. The summed E-state index contributed by atoms with van der Waals surface area (Å²) >= 11 is 3.39. The Balaban J connectivity index is 2.02. The van der Waals surface area contributed by atoms with E-state index in [0.717, 1.165) is 14.9 Å². The van der Waals surface area contributed by atoms with Crippen molar-refractivity contribution in [3.05, 3.63) is 45.4 Å². The molecule has 0 saturated heterocycles. The molecule has 1 aliphatic heterocycles. The topological polar surface area (TPSA) is 88.6 Å². The predicted molar refractivity (Wildman–Crippen MR) is 99.0 cm³/mol. The lowest BCUT2D eigenvalue weighted by Crippen LogP contribution is -2.37. The van der Waals surface area contributed by atoms with Gasteiger partial charge in [-0.05, 0) is 37.6 Å². The van der Waals surface area contributed by atoms with Crippen molar-refractivity contribution in [2.75, 3.05) is 12.5 Å². The minimum Gasteiger partial charge on any atom is -0.469 e. The number of halogens is 1. The number of carbonyl (C=O) groups excluding carboxylic acids is 3.